The van der Waals surface area contributed by atoms with Crippen molar-refractivity contribution in [3.05, 3.63) is 129 Å². The number of carbonyl (C=O) groups is 1. The van der Waals surface area contributed by atoms with Gasteiger partial charge in [-0.05, 0) is 80.6 Å². The second-order valence-corrected chi connectivity index (χ2v) is 17.8. The summed E-state index contributed by atoms with van der Waals surface area (Å²) in [6.45, 7) is 4.87. The molecular formula is C38H28N4O10S4. The zero-order chi connectivity index (χ0) is 39.1. The number of aromatic nitrogens is 2. The second-order valence-electron chi connectivity index (χ2n) is 12.8. The Hall–Kier alpha value is -5.79. The number of phenolic OH excluding ortho intramolecular Hbond substituents is 1. The van der Waals surface area contributed by atoms with E-state index in [1.165, 1.54) is 71.2 Å². The van der Waals surface area contributed by atoms with Gasteiger partial charge < -0.3 is 27.9 Å². The summed E-state index contributed by atoms with van der Waals surface area (Å²) >= 11 is 2.45. The van der Waals surface area contributed by atoms with Gasteiger partial charge >= 0.3 is 16.1 Å². The molecule has 9 rings (SSSR count). The van der Waals surface area contributed by atoms with Crippen LogP contribution in [0, 0.1) is 0 Å². The first kappa shape index (κ1) is 35.9. The summed E-state index contributed by atoms with van der Waals surface area (Å²) in [5.41, 5.74) is 1.96. The minimum atomic E-state index is -4.39. The molecule has 5 aromatic carbocycles. The number of aryl methyl sites for hydroxylation is 2. The molecule has 1 unspecified atom stereocenters. The molecule has 2 N–H and O–H groups in total. The van der Waals surface area contributed by atoms with E-state index in [1.807, 2.05) is 23.0 Å². The minimum absolute atomic E-state index is 0.0548. The van der Waals surface area contributed by atoms with Crippen LogP contribution in [0.2, 0.25) is 0 Å². The Kier molecular flexibility index (Phi) is 8.26. The van der Waals surface area contributed by atoms with Gasteiger partial charge in [-0.25, -0.2) is 4.79 Å². The average Bonchev–Trinajstić information content (AvgIpc) is 3.81. The van der Waals surface area contributed by atoms with Crippen LogP contribution in [-0.4, -0.2) is 41.6 Å². The lowest BCUT2D eigenvalue weighted by Crippen LogP contribution is -2.33. The Morgan fingerprint density at radius 1 is 0.732 bits per heavy atom. The van der Waals surface area contributed by atoms with Crippen LogP contribution in [0.15, 0.2) is 117 Å². The van der Waals surface area contributed by atoms with Gasteiger partial charge in [0.15, 0.2) is 5.60 Å². The van der Waals surface area contributed by atoms with E-state index in [0.29, 0.717) is 54.3 Å². The molecule has 2 aromatic heterocycles. The SMILES string of the molecule is CCn1c(=NN=c2sc3cc(S(=O)(=O)Oc4ccc5c(c4)Oc4cc(O)ccc4C54OC(=O)c5ccccc54)ccc3n2CC)sc2cc(S(=O)(=O)O)ccc21. The normalized spacial score (nSPS) is 16.9. The Morgan fingerprint density at radius 3 is 1.96 bits per heavy atom. The fourth-order valence-corrected chi connectivity index (χ4v) is 10.9. The monoisotopic (exact) mass is 828 g/mol. The number of carbonyl (C=O) groups excluding carboxylic acids is 1. The van der Waals surface area contributed by atoms with Crippen LogP contribution in [0.3, 0.4) is 0 Å². The van der Waals surface area contributed by atoms with E-state index in [9.17, 15) is 31.3 Å². The van der Waals surface area contributed by atoms with Crippen molar-refractivity contribution in [2.24, 2.45) is 10.2 Å². The van der Waals surface area contributed by atoms with Crippen LogP contribution in [0.25, 0.3) is 20.4 Å². The van der Waals surface area contributed by atoms with Crippen molar-refractivity contribution in [3.63, 3.8) is 0 Å². The Balaban J connectivity index is 1.07. The summed E-state index contributed by atoms with van der Waals surface area (Å²) in [4.78, 5) is 13.8. The average molecular weight is 829 g/mol. The summed E-state index contributed by atoms with van der Waals surface area (Å²) in [5.74, 6) is -0.259. The largest absolute Gasteiger partial charge is 0.508 e. The Morgan fingerprint density at radius 2 is 1.32 bits per heavy atom. The number of fused-ring (bicyclic) bond motifs is 8. The van der Waals surface area contributed by atoms with Crippen molar-refractivity contribution in [1.29, 1.82) is 0 Å². The molecule has 4 heterocycles. The molecule has 56 heavy (non-hydrogen) atoms. The minimum Gasteiger partial charge on any atom is -0.508 e. The smallest absolute Gasteiger partial charge is 0.340 e. The van der Waals surface area contributed by atoms with Gasteiger partial charge in [-0.3, -0.25) is 4.55 Å². The first-order chi connectivity index (χ1) is 26.8. The number of benzene rings is 5. The van der Waals surface area contributed by atoms with Crippen LogP contribution in [0.1, 0.15) is 40.9 Å². The lowest BCUT2D eigenvalue weighted by molar-refractivity contribution is 0.0224. The predicted octanol–water partition coefficient (Wildman–Crippen LogP) is 6.46. The molecule has 0 radical (unpaired) electrons. The molecule has 0 amide bonds. The quantitative estimate of drug-likeness (QED) is 0.0781. The van der Waals surface area contributed by atoms with Gasteiger partial charge in [0.2, 0.25) is 9.60 Å². The zero-order valence-corrected chi connectivity index (χ0v) is 32.5. The number of thiazole rings is 2. The number of nitrogens with zero attached hydrogens (tertiary/aromatic N) is 4. The number of ether oxygens (including phenoxy) is 2. The lowest BCUT2D eigenvalue weighted by Gasteiger charge is -2.36. The van der Waals surface area contributed by atoms with Gasteiger partial charge in [0.25, 0.3) is 10.1 Å². The van der Waals surface area contributed by atoms with Crippen molar-refractivity contribution in [1.82, 2.24) is 9.13 Å². The van der Waals surface area contributed by atoms with E-state index in [4.69, 9.17) is 13.7 Å². The molecule has 0 fully saturated rings. The van der Waals surface area contributed by atoms with E-state index in [-0.39, 0.29) is 32.8 Å². The summed E-state index contributed by atoms with van der Waals surface area (Å²) in [5, 5.41) is 19.3. The summed E-state index contributed by atoms with van der Waals surface area (Å²) < 4.78 is 83.3. The van der Waals surface area contributed by atoms with Crippen LogP contribution in [0.5, 0.6) is 23.0 Å². The summed E-state index contributed by atoms with van der Waals surface area (Å²) in [6.07, 6.45) is 0. The van der Waals surface area contributed by atoms with Gasteiger partial charge in [-0.15, -0.1) is 10.2 Å². The summed E-state index contributed by atoms with van der Waals surface area (Å²) in [7, 11) is -8.77. The van der Waals surface area contributed by atoms with E-state index in [2.05, 4.69) is 10.2 Å². The topological polar surface area (TPSA) is 188 Å². The maximum absolute atomic E-state index is 13.8. The maximum atomic E-state index is 13.8. The molecule has 0 saturated heterocycles. The van der Waals surface area contributed by atoms with Crippen LogP contribution in [0.4, 0.5) is 0 Å². The van der Waals surface area contributed by atoms with Crippen molar-refractivity contribution in [2.45, 2.75) is 42.3 Å². The molecule has 1 spiro atoms. The molecule has 1 atom stereocenters. The summed E-state index contributed by atoms with van der Waals surface area (Å²) in [6, 6.07) is 24.9. The molecule has 14 nitrogen and oxygen atoms in total. The fraction of sp³-hybridized carbons (Fsp3) is 0.132. The first-order valence-electron chi connectivity index (χ1n) is 17.1. The van der Waals surface area contributed by atoms with Crippen molar-refractivity contribution in [2.75, 3.05) is 0 Å². The maximum Gasteiger partial charge on any atom is 0.340 e. The highest BCUT2D eigenvalue weighted by molar-refractivity contribution is 7.87. The molecule has 0 saturated carbocycles. The molecule has 0 aliphatic carbocycles. The number of hydrogen-bond acceptors (Lipinski definition) is 13. The Labute approximate surface area is 326 Å². The van der Waals surface area contributed by atoms with Gasteiger partial charge in [-0.2, -0.15) is 16.8 Å². The third-order valence-electron chi connectivity index (χ3n) is 9.62. The van der Waals surface area contributed by atoms with E-state index in [1.54, 1.807) is 48.5 Å². The number of rotatable bonds is 7. The number of hydrogen-bond donors (Lipinski definition) is 2. The molecular weight excluding hydrogens is 801 g/mol. The molecule has 284 valence electrons. The first-order valence-corrected chi connectivity index (χ1v) is 21.5. The highest BCUT2D eigenvalue weighted by Crippen LogP contribution is 2.57. The highest BCUT2D eigenvalue weighted by atomic mass is 32.2. The predicted molar refractivity (Wildman–Crippen MR) is 206 cm³/mol. The molecule has 18 heteroatoms. The third-order valence-corrected chi connectivity index (χ3v) is 13.8. The number of phenols is 1. The Bertz CT molecular complexity index is 3200. The number of esters is 1. The molecule has 7 aromatic rings. The van der Waals surface area contributed by atoms with Gasteiger partial charge in [0, 0.05) is 41.9 Å². The van der Waals surface area contributed by atoms with Crippen molar-refractivity contribution < 1.29 is 44.9 Å². The van der Waals surface area contributed by atoms with E-state index < -0.39 is 31.8 Å². The van der Waals surface area contributed by atoms with Gasteiger partial charge in [0.1, 0.15) is 27.9 Å². The molecule has 0 bridgehead atoms. The van der Waals surface area contributed by atoms with E-state index in [0.717, 1.165) is 11.0 Å². The highest BCUT2D eigenvalue weighted by Gasteiger charge is 2.53. The number of aromatic hydroxyl groups is 1. The van der Waals surface area contributed by atoms with Crippen LogP contribution in [-0.2, 0) is 43.7 Å². The second kappa shape index (κ2) is 12.9. The third kappa shape index (κ3) is 5.63. The van der Waals surface area contributed by atoms with Crippen LogP contribution < -0.4 is 18.5 Å². The standard InChI is InChI=1S/C38H28N4O10S4/c1-3-41-29-15-11-23(55(45,46)47)19-33(29)53-36(41)39-40-37-42(4-2)30-16-12-24(20-34(30)54-37)56(48,49)52-22-10-14-28-32(18-22)50-31-17-21(43)9-13-27(31)38(28)26-8-6-5-7-25(26)35(44)51-38/h5-20,43H,3-4H2,1-2H3,(H,45,46,47). The van der Waals surface area contributed by atoms with Crippen molar-refractivity contribution >= 4 is 69.3 Å². The van der Waals surface area contributed by atoms with Gasteiger partial charge in [0.05, 0.1) is 30.9 Å². The van der Waals surface area contributed by atoms with E-state index >= 15 is 0 Å². The molecule has 2 aliphatic rings. The van der Waals surface area contributed by atoms with Gasteiger partial charge in [-0.1, -0.05) is 40.9 Å². The molecule has 2 aliphatic heterocycles. The fourth-order valence-electron chi connectivity index (χ4n) is 7.14. The lowest BCUT2D eigenvalue weighted by atomic mass is 9.77. The zero-order valence-electron chi connectivity index (χ0n) is 29.2. The van der Waals surface area contributed by atoms with Crippen LogP contribution >= 0.6 is 22.7 Å². The van der Waals surface area contributed by atoms with Crippen molar-refractivity contribution in [3.8, 4) is 23.0 Å².